The van der Waals surface area contributed by atoms with Crippen LogP contribution < -0.4 is 25.3 Å². The zero-order valence-corrected chi connectivity index (χ0v) is 15.5. The molecule has 28 heavy (non-hydrogen) atoms. The van der Waals surface area contributed by atoms with Crippen LogP contribution in [-0.4, -0.2) is 33.1 Å². The number of hydrogen-bond donors (Lipinski definition) is 2. The molecular weight excluding hydrogens is 375 g/mol. The second-order valence-corrected chi connectivity index (χ2v) is 5.72. The quantitative estimate of drug-likeness (QED) is 0.528. The Morgan fingerprint density at radius 1 is 1.04 bits per heavy atom. The monoisotopic (exact) mass is 397 g/mol. The Morgan fingerprint density at radius 2 is 1.75 bits per heavy atom. The summed E-state index contributed by atoms with van der Waals surface area (Å²) in [4.78, 5) is 4.07. The Labute approximate surface area is 161 Å². The zero-order valence-electron chi connectivity index (χ0n) is 15.5. The predicted octanol–water partition coefficient (Wildman–Crippen LogP) is 3.25. The molecule has 9 heteroatoms. The molecule has 3 N–H and O–H groups in total. The number of methoxy groups -OCH3 is 2. The molecule has 2 aromatic carbocycles. The lowest BCUT2D eigenvalue weighted by Crippen LogP contribution is -2.33. The van der Waals surface area contributed by atoms with Gasteiger partial charge in [0.05, 0.1) is 20.8 Å². The van der Waals surface area contributed by atoms with Crippen LogP contribution in [0, 0.1) is 0 Å². The minimum absolute atomic E-state index is 0.0402. The van der Waals surface area contributed by atoms with E-state index in [0.29, 0.717) is 24.5 Å². The van der Waals surface area contributed by atoms with Crippen molar-refractivity contribution in [3.8, 4) is 17.2 Å². The van der Waals surface area contributed by atoms with Gasteiger partial charge in [-0.25, -0.2) is 4.99 Å². The maximum absolute atomic E-state index is 12.4. The van der Waals surface area contributed by atoms with Crippen molar-refractivity contribution in [2.75, 3.05) is 20.8 Å². The van der Waals surface area contributed by atoms with Gasteiger partial charge >= 0.3 is 6.36 Å². The molecule has 0 saturated heterocycles. The van der Waals surface area contributed by atoms with E-state index >= 15 is 0 Å². The van der Waals surface area contributed by atoms with Crippen LogP contribution in [0.5, 0.6) is 17.2 Å². The third-order valence-electron chi connectivity index (χ3n) is 3.79. The minimum Gasteiger partial charge on any atom is -0.493 e. The van der Waals surface area contributed by atoms with E-state index in [-0.39, 0.29) is 23.8 Å². The smallest absolute Gasteiger partial charge is 0.493 e. The van der Waals surface area contributed by atoms with Crippen molar-refractivity contribution in [2.24, 2.45) is 10.7 Å². The highest BCUT2D eigenvalue weighted by Gasteiger charge is 2.31. The molecule has 0 aliphatic heterocycles. The predicted molar refractivity (Wildman–Crippen MR) is 99.7 cm³/mol. The standard InChI is InChI=1S/C19H22F3N3O3/c1-26-16-8-7-13(11-17(16)27-2)9-10-24-18(23)25-12-14-5-3-4-6-15(14)28-19(20,21)22/h3-8,11H,9-10,12H2,1-2H3,(H3,23,24,25). The van der Waals surface area contributed by atoms with Crippen LogP contribution in [0.4, 0.5) is 13.2 Å². The van der Waals surface area contributed by atoms with Crippen LogP contribution in [0.25, 0.3) is 0 Å². The first-order valence-electron chi connectivity index (χ1n) is 8.40. The summed E-state index contributed by atoms with van der Waals surface area (Å²) in [6.07, 6.45) is -4.12. The van der Waals surface area contributed by atoms with Gasteiger partial charge in [0, 0.05) is 12.1 Å². The number of para-hydroxylation sites is 1. The minimum atomic E-state index is -4.76. The molecule has 0 radical (unpaired) electrons. The maximum Gasteiger partial charge on any atom is 0.573 e. The fourth-order valence-corrected chi connectivity index (χ4v) is 2.46. The normalized spacial score (nSPS) is 11.8. The summed E-state index contributed by atoms with van der Waals surface area (Å²) in [5, 5.41) is 2.93. The van der Waals surface area contributed by atoms with Gasteiger partial charge in [0.2, 0.25) is 0 Å². The molecule has 0 saturated carbocycles. The van der Waals surface area contributed by atoms with Gasteiger partial charge in [0.1, 0.15) is 5.75 Å². The van der Waals surface area contributed by atoms with Crippen LogP contribution in [0.15, 0.2) is 47.5 Å². The van der Waals surface area contributed by atoms with Crippen molar-refractivity contribution in [3.63, 3.8) is 0 Å². The second-order valence-electron chi connectivity index (χ2n) is 5.72. The van der Waals surface area contributed by atoms with E-state index < -0.39 is 6.36 Å². The van der Waals surface area contributed by atoms with Gasteiger partial charge in [0.15, 0.2) is 17.5 Å². The highest BCUT2D eigenvalue weighted by atomic mass is 19.4. The van der Waals surface area contributed by atoms with Crippen molar-refractivity contribution in [2.45, 2.75) is 19.3 Å². The van der Waals surface area contributed by atoms with E-state index in [4.69, 9.17) is 15.2 Å². The van der Waals surface area contributed by atoms with Gasteiger partial charge in [-0.15, -0.1) is 13.2 Å². The summed E-state index contributed by atoms with van der Waals surface area (Å²) < 4.78 is 51.7. The molecule has 0 spiro atoms. The molecule has 6 nitrogen and oxygen atoms in total. The second kappa shape index (κ2) is 9.72. The van der Waals surface area contributed by atoms with Gasteiger partial charge < -0.3 is 25.3 Å². The van der Waals surface area contributed by atoms with E-state index in [2.05, 4.69) is 15.0 Å². The number of halogens is 3. The summed E-state index contributed by atoms with van der Waals surface area (Å²) in [5.74, 6) is 1.10. The molecule has 0 amide bonds. The summed E-state index contributed by atoms with van der Waals surface area (Å²) in [7, 11) is 3.12. The lowest BCUT2D eigenvalue weighted by molar-refractivity contribution is -0.274. The van der Waals surface area contributed by atoms with Gasteiger partial charge in [-0.05, 0) is 30.2 Å². The Balaban J connectivity index is 1.90. The van der Waals surface area contributed by atoms with Crippen LogP contribution in [0.3, 0.4) is 0 Å². The number of nitrogens with zero attached hydrogens (tertiary/aromatic N) is 1. The maximum atomic E-state index is 12.4. The third-order valence-corrected chi connectivity index (χ3v) is 3.79. The number of nitrogens with one attached hydrogen (secondary N) is 1. The summed E-state index contributed by atoms with van der Waals surface area (Å²) >= 11 is 0. The molecule has 0 atom stereocenters. The molecule has 0 aromatic heterocycles. The third kappa shape index (κ3) is 6.57. The molecule has 0 heterocycles. The van der Waals surface area contributed by atoms with Crippen LogP contribution in [0.1, 0.15) is 11.1 Å². The molecule has 0 bridgehead atoms. The lowest BCUT2D eigenvalue weighted by atomic mass is 10.1. The molecule has 152 valence electrons. The molecule has 2 rings (SSSR count). The summed E-state index contributed by atoms with van der Waals surface area (Å²) in [6, 6.07) is 11.4. The largest absolute Gasteiger partial charge is 0.573 e. The SMILES string of the molecule is COc1ccc(CCNC(N)=NCc2ccccc2OC(F)(F)F)cc1OC. The highest BCUT2D eigenvalue weighted by Crippen LogP contribution is 2.28. The van der Waals surface area contributed by atoms with E-state index in [1.807, 2.05) is 18.2 Å². The van der Waals surface area contributed by atoms with E-state index in [0.717, 1.165) is 5.56 Å². The molecule has 0 aliphatic rings. The number of alkyl halides is 3. The first-order chi connectivity index (χ1) is 13.3. The number of nitrogens with two attached hydrogens (primary N) is 1. The van der Waals surface area contributed by atoms with Crippen molar-refractivity contribution in [1.82, 2.24) is 5.32 Å². The van der Waals surface area contributed by atoms with E-state index in [1.165, 1.54) is 18.2 Å². The van der Waals surface area contributed by atoms with Gasteiger partial charge in [-0.2, -0.15) is 0 Å². The number of aliphatic imine (C=N–C) groups is 1. The Hall–Kier alpha value is -3.10. The molecule has 0 aliphatic carbocycles. The van der Waals surface area contributed by atoms with Crippen molar-refractivity contribution in [3.05, 3.63) is 53.6 Å². The Bertz CT molecular complexity index is 810. The van der Waals surface area contributed by atoms with Gasteiger partial charge in [0.25, 0.3) is 0 Å². The number of ether oxygens (including phenoxy) is 3. The number of benzene rings is 2. The molecular formula is C19H22F3N3O3. The van der Waals surface area contributed by atoms with Crippen molar-refractivity contribution < 1.29 is 27.4 Å². The fourth-order valence-electron chi connectivity index (χ4n) is 2.46. The lowest BCUT2D eigenvalue weighted by Gasteiger charge is -2.12. The fraction of sp³-hybridized carbons (Fsp3) is 0.316. The molecule has 0 unspecified atom stereocenters. The Morgan fingerprint density at radius 3 is 2.43 bits per heavy atom. The van der Waals surface area contributed by atoms with Crippen LogP contribution in [-0.2, 0) is 13.0 Å². The average molecular weight is 397 g/mol. The molecule has 2 aromatic rings. The average Bonchev–Trinajstić information content (AvgIpc) is 2.66. The van der Waals surface area contributed by atoms with Crippen LogP contribution >= 0.6 is 0 Å². The topological polar surface area (TPSA) is 78.1 Å². The highest BCUT2D eigenvalue weighted by molar-refractivity contribution is 5.77. The van der Waals surface area contributed by atoms with Crippen LogP contribution in [0.2, 0.25) is 0 Å². The van der Waals surface area contributed by atoms with E-state index in [9.17, 15) is 13.2 Å². The summed E-state index contributed by atoms with van der Waals surface area (Å²) in [5.41, 5.74) is 7.08. The van der Waals surface area contributed by atoms with Crippen molar-refractivity contribution in [1.29, 1.82) is 0 Å². The van der Waals surface area contributed by atoms with Gasteiger partial charge in [-0.1, -0.05) is 24.3 Å². The zero-order chi connectivity index (χ0) is 20.6. The number of hydrogen-bond acceptors (Lipinski definition) is 4. The van der Waals surface area contributed by atoms with Gasteiger partial charge in [-0.3, -0.25) is 0 Å². The number of rotatable bonds is 8. The first-order valence-corrected chi connectivity index (χ1v) is 8.40. The first kappa shape index (κ1) is 21.2. The number of guanidine groups is 1. The van der Waals surface area contributed by atoms with Crippen molar-refractivity contribution >= 4 is 5.96 Å². The summed E-state index contributed by atoms with van der Waals surface area (Å²) in [6.45, 7) is 0.451. The Kier molecular flexibility index (Phi) is 7.36. The molecule has 0 fully saturated rings. The van der Waals surface area contributed by atoms with E-state index in [1.54, 1.807) is 20.3 Å².